The largest absolute Gasteiger partial charge is 0.513 e. The first-order valence-electron chi connectivity index (χ1n) is 41.9. The van der Waals surface area contributed by atoms with Gasteiger partial charge in [0.2, 0.25) is 0 Å². The Labute approximate surface area is 759 Å². The van der Waals surface area contributed by atoms with Gasteiger partial charge in [-0.15, -0.1) is 0 Å². The average molecular weight is 1800 g/mol. The number of unbranched alkanes of at least 4 members (excludes halogenated alkanes) is 6. The van der Waals surface area contributed by atoms with Crippen molar-refractivity contribution in [3.05, 3.63) is 325 Å². The minimum Gasteiger partial charge on any atom is -0.490 e. The lowest BCUT2D eigenvalue weighted by Gasteiger charge is -2.17. The van der Waals surface area contributed by atoms with Crippen molar-refractivity contribution in [2.75, 3.05) is 60.0 Å². The molecule has 2 aliphatic rings. The topological polar surface area (TPSA) is 391 Å². The maximum Gasteiger partial charge on any atom is 0.513 e. The van der Waals surface area contributed by atoms with Crippen LogP contribution in [0.1, 0.15) is 160 Å². The van der Waals surface area contributed by atoms with Gasteiger partial charge < -0.3 is 85.8 Å². The van der Waals surface area contributed by atoms with Gasteiger partial charge in [0.15, 0.2) is 6.10 Å². The number of carbonyl (C=O) groups excluding carboxylic acids is 13. The van der Waals surface area contributed by atoms with Crippen molar-refractivity contribution in [3.63, 3.8) is 0 Å². The van der Waals surface area contributed by atoms with Gasteiger partial charge in [0.05, 0.1) is 97.8 Å². The van der Waals surface area contributed by atoms with E-state index in [1.54, 1.807) is 48.5 Å². The van der Waals surface area contributed by atoms with Crippen molar-refractivity contribution in [1.29, 1.82) is 0 Å². The molecule has 132 heavy (non-hydrogen) atoms. The molecular weight excluding hydrogens is 1710 g/mol. The monoisotopic (exact) mass is 1800 g/mol. The van der Waals surface area contributed by atoms with Crippen LogP contribution < -0.4 is 43.2 Å². The van der Waals surface area contributed by atoms with E-state index >= 15 is 0 Å². The number of esters is 10. The summed E-state index contributed by atoms with van der Waals surface area (Å²) < 4.78 is 89.0. The lowest BCUT2D eigenvalue weighted by atomic mass is 9.99. The summed E-state index contributed by atoms with van der Waals surface area (Å²) in [5.74, 6) is -3.52. The Balaban J connectivity index is 0.000000208. The van der Waals surface area contributed by atoms with Crippen LogP contribution in [0.5, 0.6) is 46.0 Å². The van der Waals surface area contributed by atoms with Crippen molar-refractivity contribution in [2.24, 2.45) is 5.92 Å². The number of rotatable bonds is 39. The number of ether oxygens (including phenoxy) is 17. The minimum atomic E-state index is -0.872. The molecule has 0 aliphatic carbocycles. The van der Waals surface area contributed by atoms with Crippen LogP contribution in [0, 0.1) is 5.92 Å². The summed E-state index contributed by atoms with van der Waals surface area (Å²) in [4.78, 5) is 157. The third kappa shape index (κ3) is 31.3. The van der Waals surface area contributed by atoms with E-state index in [1.807, 2.05) is 56.3 Å². The first-order valence-corrected chi connectivity index (χ1v) is 41.9. The van der Waals surface area contributed by atoms with Gasteiger partial charge in [-0.05, 0) is 269 Å². The second-order valence-electron chi connectivity index (χ2n) is 29.1. The molecule has 1 amide bonds. The van der Waals surface area contributed by atoms with E-state index in [2.05, 4.69) is 29.8 Å². The van der Waals surface area contributed by atoms with Gasteiger partial charge in [0.25, 0.3) is 5.91 Å². The van der Waals surface area contributed by atoms with Crippen molar-refractivity contribution in [3.8, 4) is 46.0 Å². The SMILES string of the molecule is C=CC(=O)OCCCCCCOC(=O)Oc1ccc(C(=O)Oc2ccc(C(=O)Oc3ccc(C(=O)OC)cc3)cc2)cc1.C=CC(=O)OCCCCCCOC(=O)Oc1ccc(C(=O)Oc2ccc(C(=O)Oc3ccc(C(=O)O[C@H]4COC5C4OC[C@@H]5C)cc3)cc2)cc1.C=CC(=O)OCCOc1ccc(C(=O)Oc2ccc(C(=O)N[C@H](C)c3cccc4ccccc34)cc2)cc1. The molecule has 10 aromatic carbocycles. The number of hydrogen-bond donors (Lipinski definition) is 1. The number of amides is 1. The maximum atomic E-state index is 12.8. The number of carbonyl (C=O) groups is 13. The molecule has 12 rings (SSSR count). The van der Waals surface area contributed by atoms with Crippen molar-refractivity contribution in [1.82, 2.24) is 5.32 Å². The van der Waals surface area contributed by atoms with Gasteiger partial charge in [0.1, 0.15) is 65.3 Å². The van der Waals surface area contributed by atoms with Crippen LogP contribution in [0.2, 0.25) is 0 Å². The zero-order valence-electron chi connectivity index (χ0n) is 72.3. The van der Waals surface area contributed by atoms with Gasteiger partial charge in [-0.1, -0.05) is 69.1 Å². The van der Waals surface area contributed by atoms with Crippen LogP contribution in [0.4, 0.5) is 9.59 Å². The van der Waals surface area contributed by atoms with Crippen LogP contribution in [0.25, 0.3) is 10.8 Å². The number of benzene rings is 10. The summed E-state index contributed by atoms with van der Waals surface area (Å²) >= 11 is 0. The Hall–Kier alpha value is -15.9. The normalized spacial score (nSPS) is 13.9. The fourth-order valence-electron chi connectivity index (χ4n) is 12.7. The molecular formula is C101H95NO30. The summed E-state index contributed by atoms with van der Waals surface area (Å²) in [6.07, 6.45) is 6.59. The molecule has 2 aliphatic heterocycles. The number of fused-ring (bicyclic) bond motifs is 2. The van der Waals surface area contributed by atoms with E-state index in [-0.39, 0.29) is 120 Å². The fraction of sp³-hybridized carbons (Fsp3) is 0.238. The Kier molecular flexibility index (Phi) is 38.1. The summed E-state index contributed by atoms with van der Waals surface area (Å²) in [5, 5.41) is 5.25. The van der Waals surface area contributed by atoms with E-state index in [1.165, 1.54) is 153 Å². The van der Waals surface area contributed by atoms with E-state index < -0.39 is 78.1 Å². The quantitative estimate of drug-likeness (QED) is 0.00933. The highest BCUT2D eigenvalue weighted by Gasteiger charge is 2.48. The molecule has 10 aromatic rings. The third-order valence-electron chi connectivity index (χ3n) is 19.6. The molecule has 0 spiro atoms. The van der Waals surface area contributed by atoms with Crippen LogP contribution in [-0.4, -0.2) is 156 Å². The van der Waals surface area contributed by atoms with Crippen LogP contribution in [-0.2, 0) is 57.0 Å². The molecule has 0 radical (unpaired) electrons. The second kappa shape index (κ2) is 51.2. The maximum absolute atomic E-state index is 12.8. The first kappa shape index (κ1) is 98.3. The molecule has 5 atom stereocenters. The number of methoxy groups -OCH3 is 1. The van der Waals surface area contributed by atoms with E-state index in [9.17, 15) is 62.3 Å². The highest BCUT2D eigenvalue weighted by molar-refractivity contribution is 5.98. The zero-order chi connectivity index (χ0) is 94.1. The smallest absolute Gasteiger partial charge is 0.490 e. The summed E-state index contributed by atoms with van der Waals surface area (Å²) in [5.41, 5.74) is 3.27. The molecule has 2 fully saturated rings. The van der Waals surface area contributed by atoms with Crippen molar-refractivity contribution < 1.29 is 143 Å². The van der Waals surface area contributed by atoms with Crippen LogP contribution in [0.3, 0.4) is 0 Å². The third-order valence-corrected chi connectivity index (χ3v) is 19.6. The number of hydrogen-bond acceptors (Lipinski definition) is 30. The summed E-state index contributed by atoms with van der Waals surface area (Å²) in [6, 6.07) is 61.6. The highest BCUT2D eigenvalue weighted by Crippen LogP contribution is 2.34. The predicted molar refractivity (Wildman–Crippen MR) is 475 cm³/mol. The molecule has 31 nitrogen and oxygen atoms in total. The van der Waals surface area contributed by atoms with Gasteiger partial charge >= 0.3 is 72.0 Å². The molecule has 31 heteroatoms. The highest BCUT2D eigenvalue weighted by atomic mass is 16.7. The molecule has 1 N–H and O–H groups in total. The average Bonchev–Trinajstić information content (AvgIpc) is 1.63. The predicted octanol–water partition coefficient (Wildman–Crippen LogP) is 17.3. The minimum absolute atomic E-state index is 0.0758. The van der Waals surface area contributed by atoms with Gasteiger partial charge in [0, 0.05) is 29.7 Å². The Bertz CT molecular complexity index is 5640. The first-order chi connectivity index (χ1) is 63.9. The second-order valence-corrected chi connectivity index (χ2v) is 29.1. The lowest BCUT2D eigenvalue weighted by Crippen LogP contribution is -2.32. The van der Waals surface area contributed by atoms with Crippen molar-refractivity contribution >= 4 is 88.7 Å². The van der Waals surface area contributed by atoms with E-state index in [0.717, 1.165) is 60.2 Å². The zero-order valence-corrected chi connectivity index (χ0v) is 72.3. The molecule has 0 aromatic heterocycles. The Morgan fingerprint density at radius 2 is 0.659 bits per heavy atom. The lowest BCUT2D eigenvalue weighted by molar-refractivity contribution is -0.139. The van der Waals surface area contributed by atoms with Gasteiger partial charge in [-0.25, -0.2) is 57.5 Å². The van der Waals surface area contributed by atoms with E-state index in [4.69, 9.17) is 75.8 Å². The van der Waals surface area contributed by atoms with Crippen LogP contribution >= 0.6 is 0 Å². The molecule has 2 unspecified atom stereocenters. The summed E-state index contributed by atoms with van der Waals surface area (Å²) in [6.45, 7) is 16.0. The molecule has 2 heterocycles. The number of nitrogens with one attached hydrogen (secondary N) is 1. The molecule has 0 bridgehead atoms. The fourth-order valence-corrected chi connectivity index (χ4v) is 12.7. The van der Waals surface area contributed by atoms with Crippen molar-refractivity contribution in [2.45, 2.75) is 89.6 Å². The van der Waals surface area contributed by atoms with E-state index in [0.29, 0.717) is 79.3 Å². The van der Waals surface area contributed by atoms with Crippen LogP contribution in [0.15, 0.2) is 275 Å². The van der Waals surface area contributed by atoms with Gasteiger partial charge in [-0.3, -0.25) is 4.79 Å². The molecule has 2 saturated heterocycles. The molecule has 684 valence electrons. The Morgan fingerprint density at radius 1 is 0.341 bits per heavy atom. The standard InChI is InChI=1S/C38H38O13.C32H30O11.C31H27NO6/c1-3-32(39)44-20-6-4-5-7-21-45-38(43)50-30-18-12-26(13-19-30)36(41)48-28-14-8-25(9-15-28)35(40)49-29-16-10-27(11-17-29)37(42)51-31-23-47-33-24(2)22-46-34(31)33;1-3-28(33)39-20-6-4-5-7-21-40-32(37)43-27-18-12-24(13-19-27)31(36)42-26-16-10-23(11-17-26)30(35)41-25-14-8-22(9-15-25)29(34)38-2;1-3-29(33)37-20-19-36-25-15-13-24(14-16-25)31(35)38-26-17-11-23(12-18-26)30(34)32-21(2)27-10-6-8-22-7-4-5-9-28(22)27/h3,8-19,24,31,33-34H,1,4-7,20-23H2,2H3;3,8-19H,1,4-7,20-21H2,2H3;3-18,21H,1,19-20H2,2H3,(H,32,34)/t24-,31-,33?,34?;;21-/m0.1/s1. The van der Waals surface area contributed by atoms with Gasteiger partial charge in [-0.2, -0.15) is 0 Å². The Morgan fingerprint density at radius 3 is 1.04 bits per heavy atom. The molecule has 0 saturated carbocycles. The summed E-state index contributed by atoms with van der Waals surface area (Å²) in [7, 11) is 1.27.